The molecule has 3 unspecified atom stereocenters. The Bertz CT molecular complexity index is 288. The molecule has 110 valence electrons. The first kappa shape index (κ1) is 16.3. The summed E-state index contributed by atoms with van der Waals surface area (Å²) in [7, 11) is 0. The number of hydrogen-bond acceptors (Lipinski definition) is 2. The molecule has 3 atom stereocenters. The van der Waals surface area contributed by atoms with Gasteiger partial charge in [-0.15, -0.1) is 6.58 Å². The Kier molecular flexibility index (Phi) is 7.17. The van der Waals surface area contributed by atoms with E-state index in [1.807, 2.05) is 19.2 Å². The molecule has 0 aliphatic carbocycles. The predicted octanol–water partition coefficient (Wildman–Crippen LogP) is 3.48. The molecule has 0 saturated heterocycles. The van der Waals surface area contributed by atoms with Crippen LogP contribution in [0.25, 0.3) is 0 Å². The van der Waals surface area contributed by atoms with Gasteiger partial charge in [0.15, 0.2) is 12.4 Å². The number of hydrogen-bond donors (Lipinski definition) is 2. The summed E-state index contributed by atoms with van der Waals surface area (Å²) in [5.41, 5.74) is 0. The van der Waals surface area contributed by atoms with Gasteiger partial charge in [-0.25, -0.2) is 0 Å². The molecule has 2 N–H and O–H groups in total. The number of quaternary nitrogens is 1. The summed E-state index contributed by atoms with van der Waals surface area (Å²) in [5.74, 6) is 0. The van der Waals surface area contributed by atoms with Crippen LogP contribution in [0, 0.1) is 0 Å². The van der Waals surface area contributed by atoms with Gasteiger partial charge in [0.1, 0.15) is 6.20 Å². The second-order valence-electron chi connectivity index (χ2n) is 5.58. The molecule has 0 aromatic heterocycles. The zero-order valence-electron chi connectivity index (χ0n) is 12.6. The molecular formula is C16H31N2O+. The fourth-order valence-corrected chi connectivity index (χ4v) is 2.99. The highest BCUT2D eigenvalue weighted by Crippen LogP contribution is 2.25. The number of aliphatic hydroxyl groups is 1. The Morgan fingerprint density at radius 1 is 1.32 bits per heavy atom. The lowest BCUT2D eigenvalue weighted by molar-refractivity contribution is -0.942. The van der Waals surface area contributed by atoms with Gasteiger partial charge in [-0.3, -0.25) is 4.48 Å². The van der Waals surface area contributed by atoms with Crippen molar-refractivity contribution in [2.45, 2.75) is 71.2 Å². The van der Waals surface area contributed by atoms with Crippen molar-refractivity contribution < 1.29 is 9.59 Å². The highest BCUT2D eigenvalue weighted by molar-refractivity contribution is 4.84. The average molecular weight is 267 g/mol. The Morgan fingerprint density at radius 3 is 2.63 bits per heavy atom. The van der Waals surface area contributed by atoms with Gasteiger partial charge in [0.05, 0.1) is 12.7 Å². The number of nitrogens with one attached hydrogen (secondary N) is 1. The second kappa shape index (κ2) is 8.39. The minimum Gasteiger partial charge on any atom is -0.345 e. The van der Waals surface area contributed by atoms with Crippen molar-refractivity contribution in [2.75, 3.05) is 6.54 Å². The zero-order valence-corrected chi connectivity index (χ0v) is 12.6. The Balaban J connectivity index is 2.23. The lowest BCUT2D eigenvalue weighted by atomic mass is 10.1. The van der Waals surface area contributed by atoms with Gasteiger partial charge in [0.2, 0.25) is 0 Å². The summed E-state index contributed by atoms with van der Waals surface area (Å²) in [4.78, 5) is 0. The number of aliphatic hydroxyl groups excluding tert-OH is 1. The fraction of sp³-hybridized carbons (Fsp3) is 0.750. The third-order valence-corrected chi connectivity index (χ3v) is 4.35. The largest absolute Gasteiger partial charge is 0.345 e. The van der Waals surface area contributed by atoms with E-state index in [0.29, 0.717) is 10.6 Å². The van der Waals surface area contributed by atoms with E-state index in [4.69, 9.17) is 0 Å². The van der Waals surface area contributed by atoms with E-state index in [1.165, 1.54) is 32.1 Å². The average Bonchev–Trinajstić information content (AvgIpc) is 2.82. The quantitative estimate of drug-likeness (QED) is 0.361. The maximum atomic E-state index is 10.0. The van der Waals surface area contributed by atoms with Gasteiger partial charge in [0, 0.05) is 13.3 Å². The first-order valence-corrected chi connectivity index (χ1v) is 7.77. The molecule has 0 saturated carbocycles. The molecule has 0 spiro atoms. The molecule has 3 heteroatoms. The molecule has 1 aliphatic rings. The molecule has 19 heavy (non-hydrogen) atoms. The van der Waals surface area contributed by atoms with Gasteiger partial charge in [-0.2, -0.15) is 0 Å². The van der Waals surface area contributed by atoms with Crippen LogP contribution in [0.3, 0.4) is 0 Å². The molecule has 1 heterocycles. The van der Waals surface area contributed by atoms with Crippen LogP contribution >= 0.6 is 0 Å². The van der Waals surface area contributed by atoms with Crippen LogP contribution in [0.15, 0.2) is 25.1 Å². The van der Waals surface area contributed by atoms with Gasteiger partial charge < -0.3 is 10.4 Å². The van der Waals surface area contributed by atoms with Crippen molar-refractivity contribution in [1.29, 1.82) is 0 Å². The topological polar surface area (TPSA) is 32.3 Å². The summed E-state index contributed by atoms with van der Waals surface area (Å²) in [6.07, 6.45) is 14.8. The van der Waals surface area contributed by atoms with Crippen LogP contribution < -0.4 is 5.32 Å². The first-order valence-electron chi connectivity index (χ1n) is 7.77. The molecule has 0 aromatic rings. The maximum Gasteiger partial charge on any atom is 0.193 e. The van der Waals surface area contributed by atoms with Crippen molar-refractivity contribution in [3.8, 4) is 0 Å². The highest BCUT2D eigenvalue weighted by atomic mass is 16.3. The third kappa shape index (κ3) is 4.36. The van der Waals surface area contributed by atoms with E-state index in [9.17, 15) is 5.11 Å². The van der Waals surface area contributed by atoms with E-state index >= 15 is 0 Å². The van der Waals surface area contributed by atoms with Gasteiger partial charge in [0.25, 0.3) is 0 Å². The molecular weight excluding hydrogens is 236 g/mol. The van der Waals surface area contributed by atoms with Crippen LogP contribution in [0.2, 0.25) is 0 Å². The van der Waals surface area contributed by atoms with Crippen molar-refractivity contribution in [1.82, 2.24) is 5.32 Å². The predicted molar refractivity (Wildman–Crippen MR) is 81.1 cm³/mol. The molecule has 1 aliphatic heterocycles. The summed E-state index contributed by atoms with van der Waals surface area (Å²) in [6, 6.07) is 0. The van der Waals surface area contributed by atoms with Crippen LogP contribution in [0.4, 0.5) is 0 Å². The number of unbranched alkanes of at least 4 members (excludes halogenated alkanes) is 5. The molecule has 0 aromatic carbocycles. The Hall–Kier alpha value is -0.800. The standard InChI is InChI=1S/C16H31N2O/c1-4-6-7-8-9-10-11-12-16-17-13-14-18(16,5-2)15(3)19/h4,13-17,19H,1,5-12H2,2-3H3/q+1. The lowest BCUT2D eigenvalue weighted by Crippen LogP contribution is -2.57. The fourth-order valence-electron chi connectivity index (χ4n) is 2.99. The van der Waals surface area contributed by atoms with Crippen LogP contribution in [0.1, 0.15) is 58.8 Å². The number of rotatable bonds is 10. The molecule has 0 bridgehead atoms. The van der Waals surface area contributed by atoms with Crippen molar-refractivity contribution >= 4 is 0 Å². The number of allylic oxidation sites excluding steroid dienone is 1. The van der Waals surface area contributed by atoms with Gasteiger partial charge in [-0.1, -0.05) is 25.3 Å². The van der Waals surface area contributed by atoms with Crippen LogP contribution in [-0.2, 0) is 0 Å². The van der Waals surface area contributed by atoms with Crippen molar-refractivity contribution in [2.24, 2.45) is 0 Å². The van der Waals surface area contributed by atoms with E-state index < -0.39 is 0 Å². The van der Waals surface area contributed by atoms with Crippen molar-refractivity contribution in [3.63, 3.8) is 0 Å². The smallest absolute Gasteiger partial charge is 0.193 e. The van der Waals surface area contributed by atoms with Crippen LogP contribution in [0.5, 0.6) is 0 Å². The Labute approximate surface area is 118 Å². The Morgan fingerprint density at radius 2 is 2.00 bits per heavy atom. The summed E-state index contributed by atoms with van der Waals surface area (Å²) >= 11 is 0. The summed E-state index contributed by atoms with van der Waals surface area (Å²) < 4.78 is 0.663. The monoisotopic (exact) mass is 267 g/mol. The van der Waals surface area contributed by atoms with Crippen LogP contribution in [-0.4, -0.2) is 28.5 Å². The van der Waals surface area contributed by atoms with E-state index in [-0.39, 0.29) is 6.23 Å². The molecule has 0 amide bonds. The molecule has 3 nitrogen and oxygen atoms in total. The maximum absolute atomic E-state index is 10.0. The highest BCUT2D eigenvalue weighted by Gasteiger charge is 2.40. The van der Waals surface area contributed by atoms with Crippen molar-refractivity contribution in [3.05, 3.63) is 25.1 Å². The second-order valence-corrected chi connectivity index (χ2v) is 5.58. The zero-order chi connectivity index (χ0) is 14.1. The lowest BCUT2D eigenvalue weighted by Gasteiger charge is -2.39. The van der Waals surface area contributed by atoms with Gasteiger partial charge in [-0.05, 0) is 26.2 Å². The third-order valence-electron chi connectivity index (χ3n) is 4.35. The summed E-state index contributed by atoms with van der Waals surface area (Å²) in [5, 5.41) is 13.5. The normalized spacial score (nSPS) is 27.2. The molecule has 0 fully saturated rings. The van der Waals surface area contributed by atoms with E-state index in [2.05, 4.69) is 25.0 Å². The van der Waals surface area contributed by atoms with E-state index in [0.717, 1.165) is 19.4 Å². The van der Waals surface area contributed by atoms with Gasteiger partial charge >= 0.3 is 0 Å². The minimum absolute atomic E-state index is 0.339. The first-order chi connectivity index (χ1) is 9.17. The van der Waals surface area contributed by atoms with E-state index in [1.54, 1.807) is 0 Å². The number of nitrogens with zero attached hydrogens (tertiary/aromatic N) is 1. The molecule has 0 radical (unpaired) electrons. The molecule has 1 rings (SSSR count). The minimum atomic E-state index is -0.339. The summed E-state index contributed by atoms with van der Waals surface area (Å²) in [6.45, 7) is 8.72. The SMILES string of the molecule is C=CCCCCCCCC1NC=C[N+]1(CC)C(C)O.